The fourth-order valence-corrected chi connectivity index (χ4v) is 2.98. The van der Waals surface area contributed by atoms with Crippen LogP contribution in [-0.4, -0.2) is 13.7 Å². The minimum atomic E-state index is 0.0959. The largest absolute Gasteiger partial charge is 0.496 e. The number of benzene rings is 2. The molecule has 0 spiro atoms. The molecule has 0 aromatic heterocycles. The van der Waals surface area contributed by atoms with E-state index in [-0.39, 0.29) is 6.04 Å². The van der Waals surface area contributed by atoms with E-state index in [2.05, 4.69) is 35.2 Å². The van der Waals surface area contributed by atoms with Crippen molar-refractivity contribution in [3.63, 3.8) is 0 Å². The van der Waals surface area contributed by atoms with Crippen LogP contribution in [0.25, 0.3) is 0 Å². The van der Waals surface area contributed by atoms with E-state index in [9.17, 15) is 0 Å². The molecule has 0 aliphatic carbocycles. The first-order chi connectivity index (χ1) is 10.2. The quantitative estimate of drug-likeness (QED) is 0.935. The Morgan fingerprint density at radius 1 is 1.24 bits per heavy atom. The van der Waals surface area contributed by atoms with Crippen molar-refractivity contribution < 1.29 is 4.74 Å². The zero-order chi connectivity index (χ0) is 14.8. The van der Waals surface area contributed by atoms with Gasteiger partial charge in [-0.1, -0.05) is 30.3 Å². The molecule has 0 fully saturated rings. The van der Waals surface area contributed by atoms with Crippen LogP contribution in [0, 0.1) is 0 Å². The second kappa shape index (κ2) is 5.78. The molecule has 0 radical (unpaired) electrons. The van der Waals surface area contributed by atoms with E-state index in [0.717, 1.165) is 25.3 Å². The molecule has 1 aliphatic heterocycles. The zero-order valence-electron chi connectivity index (χ0n) is 12.7. The monoisotopic (exact) mass is 282 g/mol. The number of fused-ring (bicyclic) bond motifs is 1. The van der Waals surface area contributed by atoms with E-state index in [0.29, 0.717) is 0 Å². The van der Waals surface area contributed by atoms with Gasteiger partial charge in [0.2, 0.25) is 0 Å². The average molecular weight is 282 g/mol. The van der Waals surface area contributed by atoms with Crippen molar-refractivity contribution in [2.24, 2.45) is 5.73 Å². The Morgan fingerprint density at radius 2 is 2.05 bits per heavy atom. The smallest absolute Gasteiger partial charge is 0.123 e. The number of rotatable bonds is 4. The molecule has 3 nitrogen and oxygen atoms in total. The van der Waals surface area contributed by atoms with Gasteiger partial charge < -0.3 is 15.4 Å². The second-order valence-electron chi connectivity index (χ2n) is 5.66. The van der Waals surface area contributed by atoms with Crippen molar-refractivity contribution in [2.75, 3.05) is 18.6 Å². The molecule has 1 atom stereocenters. The number of hydrogen-bond acceptors (Lipinski definition) is 3. The molecule has 1 heterocycles. The van der Waals surface area contributed by atoms with Crippen molar-refractivity contribution in [3.05, 3.63) is 59.2 Å². The molecule has 1 unspecified atom stereocenters. The van der Waals surface area contributed by atoms with E-state index < -0.39 is 0 Å². The summed E-state index contributed by atoms with van der Waals surface area (Å²) in [5, 5.41) is 0. The van der Waals surface area contributed by atoms with Crippen molar-refractivity contribution in [1.29, 1.82) is 0 Å². The van der Waals surface area contributed by atoms with Crippen LogP contribution in [0.1, 0.15) is 29.7 Å². The highest BCUT2D eigenvalue weighted by Crippen LogP contribution is 2.32. The van der Waals surface area contributed by atoms with Crippen LogP contribution in [0.3, 0.4) is 0 Å². The molecule has 0 saturated heterocycles. The van der Waals surface area contributed by atoms with Crippen molar-refractivity contribution >= 4 is 5.69 Å². The first kappa shape index (κ1) is 14.0. The third-order valence-electron chi connectivity index (χ3n) is 4.17. The third-order valence-corrected chi connectivity index (χ3v) is 4.17. The predicted molar refractivity (Wildman–Crippen MR) is 86.8 cm³/mol. The summed E-state index contributed by atoms with van der Waals surface area (Å²) in [5.74, 6) is 0.957. The number of anilines is 1. The van der Waals surface area contributed by atoms with Gasteiger partial charge in [0.1, 0.15) is 5.75 Å². The van der Waals surface area contributed by atoms with Crippen LogP contribution in [0.2, 0.25) is 0 Å². The van der Waals surface area contributed by atoms with Gasteiger partial charge in [0, 0.05) is 30.4 Å². The lowest BCUT2D eigenvalue weighted by atomic mass is 10.0. The molecule has 0 bridgehead atoms. The van der Waals surface area contributed by atoms with E-state index >= 15 is 0 Å². The van der Waals surface area contributed by atoms with Crippen LogP contribution in [0.4, 0.5) is 5.69 Å². The summed E-state index contributed by atoms with van der Waals surface area (Å²) in [7, 11) is 1.73. The molecule has 3 rings (SSSR count). The molecule has 1 aliphatic rings. The highest BCUT2D eigenvalue weighted by molar-refractivity contribution is 5.60. The minimum absolute atomic E-state index is 0.0959. The van der Waals surface area contributed by atoms with Gasteiger partial charge >= 0.3 is 0 Å². The molecule has 0 amide bonds. The number of para-hydroxylation sites is 1. The number of hydrogen-bond donors (Lipinski definition) is 1. The lowest BCUT2D eigenvalue weighted by Gasteiger charge is -2.21. The van der Waals surface area contributed by atoms with Gasteiger partial charge in [-0.2, -0.15) is 0 Å². The Balaban J connectivity index is 1.84. The van der Waals surface area contributed by atoms with E-state index in [1.807, 2.05) is 19.1 Å². The maximum atomic E-state index is 5.97. The summed E-state index contributed by atoms with van der Waals surface area (Å²) in [4.78, 5) is 2.41. The van der Waals surface area contributed by atoms with Crippen LogP contribution < -0.4 is 15.4 Å². The van der Waals surface area contributed by atoms with Crippen LogP contribution >= 0.6 is 0 Å². The Bertz CT molecular complexity index is 637. The predicted octanol–water partition coefficient (Wildman–Crippen LogP) is 3.28. The van der Waals surface area contributed by atoms with Gasteiger partial charge in [0.15, 0.2) is 0 Å². The van der Waals surface area contributed by atoms with E-state index in [1.165, 1.54) is 22.4 Å². The Labute approximate surface area is 126 Å². The summed E-state index contributed by atoms with van der Waals surface area (Å²) in [6, 6.07) is 14.9. The summed E-state index contributed by atoms with van der Waals surface area (Å²) in [6.07, 6.45) is 1.09. The molecule has 2 aromatic carbocycles. The molecule has 2 N–H and O–H groups in total. The molecule has 2 aromatic rings. The molecular weight excluding hydrogens is 260 g/mol. The summed E-state index contributed by atoms with van der Waals surface area (Å²) < 4.78 is 5.45. The number of ether oxygens (including phenoxy) is 1. The second-order valence-corrected chi connectivity index (χ2v) is 5.66. The summed E-state index contributed by atoms with van der Waals surface area (Å²) in [5.41, 5.74) is 11.1. The first-order valence-corrected chi connectivity index (χ1v) is 7.44. The normalized spacial score (nSPS) is 14.9. The molecule has 21 heavy (non-hydrogen) atoms. The van der Waals surface area contributed by atoms with Crippen LogP contribution in [-0.2, 0) is 13.0 Å². The van der Waals surface area contributed by atoms with Gasteiger partial charge in [0.05, 0.1) is 7.11 Å². The van der Waals surface area contributed by atoms with Crippen molar-refractivity contribution in [2.45, 2.75) is 25.9 Å². The Kier molecular flexibility index (Phi) is 3.84. The molecular formula is C18H22N2O. The lowest BCUT2D eigenvalue weighted by molar-refractivity contribution is 0.409. The average Bonchev–Trinajstić information content (AvgIpc) is 2.90. The van der Waals surface area contributed by atoms with Crippen LogP contribution in [0.15, 0.2) is 42.5 Å². The Hall–Kier alpha value is -2.00. The fraction of sp³-hybridized carbons (Fsp3) is 0.333. The van der Waals surface area contributed by atoms with Gasteiger partial charge in [-0.05, 0) is 36.6 Å². The van der Waals surface area contributed by atoms with E-state index in [1.54, 1.807) is 7.11 Å². The van der Waals surface area contributed by atoms with Gasteiger partial charge in [-0.25, -0.2) is 0 Å². The SMILES string of the molecule is COc1ccccc1CN1CCc2cc(C(C)N)ccc21. The van der Waals surface area contributed by atoms with Gasteiger partial charge in [-0.15, -0.1) is 0 Å². The maximum absolute atomic E-state index is 5.97. The highest BCUT2D eigenvalue weighted by atomic mass is 16.5. The minimum Gasteiger partial charge on any atom is -0.496 e. The molecule has 0 saturated carbocycles. The van der Waals surface area contributed by atoms with Gasteiger partial charge in [-0.3, -0.25) is 0 Å². The van der Waals surface area contributed by atoms with Gasteiger partial charge in [0.25, 0.3) is 0 Å². The van der Waals surface area contributed by atoms with E-state index in [4.69, 9.17) is 10.5 Å². The first-order valence-electron chi connectivity index (χ1n) is 7.44. The fourth-order valence-electron chi connectivity index (χ4n) is 2.98. The van der Waals surface area contributed by atoms with Crippen molar-refractivity contribution in [3.8, 4) is 5.75 Å². The highest BCUT2D eigenvalue weighted by Gasteiger charge is 2.20. The Morgan fingerprint density at radius 3 is 2.81 bits per heavy atom. The standard InChI is InChI=1S/C18H22N2O/c1-13(19)14-7-8-17-15(11-14)9-10-20(17)12-16-5-3-4-6-18(16)21-2/h3-8,11,13H,9-10,12,19H2,1-2H3. The van der Waals surface area contributed by atoms with Crippen LogP contribution in [0.5, 0.6) is 5.75 Å². The lowest BCUT2D eigenvalue weighted by Crippen LogP contribution is -2.20. The summed E-state index contributed by atoms with van der Waals surface area (Å²) >= 11 is 0. The van der Waals surface area contributed by atoms with Crippen molar-refractivity contribution in [1.82, 2.24) is 0 Å². The molecule has 3 heteroatoms. The number of methoxy groups -OCH3 is 1. The third kappa shape index (κ3) is 2.74. The number of nitrogens with zero attached hydrogens (tertiary/aromatic N) is 1. The molecule has 110 valence electrons. The zero-order valence-corrected chi connectivity index (χ0v) is 12.7. The number of nitrogens with two attached hydrogens (primary N) is 1. The summed E-state index contributed by atoms with van der Waals surface area (Å²) in [6.45, 7) is 3.97. The topological polar surface area (TPSA) is 38.5 Å². The maximum Gasteiger partial charge on any atom is 0.123 e.